The zero-order valence-corrected chi connectivity index (χ0v) is 20.4. The van der Waals surface area contributed by atoms with Crippen LogP contribution in [0.3, 0.4) is 0 Å². The molecule has 0 spiro atoms. The number of thiophene rings is 1. The first-order valence-corrected chi connectivity index (χ1v) is 12.2. The number of carbonyl (C=O) groups excluding carboxylic acids is 3. The molecule has 1 atom stereocenters. The third-order valence-corrected chi connectivity index (χ3v) is 6.92. The minimum atomic E-state index is -0.622. The first-order chi connectivity index (χ1) is 16.4. The predicted octanol–water partition coefficient (Wildman–Crippen LogP) is 3.95. The SMILES string of the molecule is CCOC(=O)COc1ccccc1C1=C(C(=O)OC)C(C)=N[C@H]2S/C(=C\c3cccs3)C(=O)N12. The highest BCUT2D eigenvalue weighted by molar-refractivity contribution is 8.05. The molecule has 0 radical (unpaired) electrons. The average molecular weight is 499 g/mol. The molecule has 10 heteroatoms. The lowest BCUT2D eigenvalue weighted by Crippen LogP contribution is -2.37. The lowest BCUT2D eigenvalue weighted by atomic mass is 9.99. The van der Waals surface area contributed by atoms with Gasteiger partial charge in [0.15, 0.2) is 12.1 Å². The van der Waals surface area contributed by atoms with E-state index in [1.54, 1.807) is 38.1 Å². The molecule has 0 unspecified atom stereocenters. The summed E-state index contributed by atoms with van der Waals surface area (Å²) in [4.78, 5) is 45.8. The second-order valence-corrected chi connectivity index (χ2v) is 9.24. The fraction of sp³-hybridized carbons (Fsp3) is 0.250. The van der Waals surface area contributed by atoms with Gasteiger partial charge in [0.25, 0.3) is 5.91 Å². The molecule has 2 aliphatic rings. The lowest BCUT2D eigenvalue weighted by Gasteiger charge is -2.31. The molecule has 0 bridgehead atoms. The number of thioether (sulfide) groups is 1. The van der Waals surface area contributed by atoms with Gasteiger partial charge in [0.1, 0.15) is 11.3 Å². The maximum absolute atomic E-state index is 13.5. The highest BCUT2D eigenvalue weighted by atomic mass is 32.2. The van der Waals surface area contributed by atoms with E-state index >= 15 is 0 Å². The number of esters is 2. The summed E-state index contributed by atoms with van der Waals surface area (Å²) in [5.41, 5.74) is 0.826. The number of hydrogen-bond acceptors (Lipinski definition) is 9. The van der Waals surface area contributed by atoms with E-state index in [4.69, 9.17) is 14.2 Å². The van der Waals surface area contributed by atoms with E-state index in [0.717, 1.165) is 4.88 Å². The Hall–Kier alpha value is -3.37. The number of para-hydroxylation sites is 1. The third-order valence-electron chi connectivity index (χ3n) is 5.03. The van der Waals surface area contributed by atoms with Gasteiger partial charge in [-0.25, -0.2) is 9.59 Å². The van der Waals surface area contributed by atoms with Crippen molar-refractivity contribution in [1.82, 2.24) is 4.90 Å². The van der Waals surface area contributed by atoms with Gasteiger partial charge in [-0.3, -0.25) is 14.7 Å². The number of rotatable bonds is 7. The van der Waals surface area contributed by atoms with Gasteiger partial charge in [-0.15, -0.1) is 11.3 Å². The van der Waals surface area contributed by atoms with Crippen molar-refractivity contribution in [3.63, 3.8) is 0 Å². The van der Waals surface area contributed by atoms with Crippen molar-refractivity contribution in [1.29, 1.82) is 0 Å². The summed E-state index contributed by atoms with van der Waals surface area (Å²) in [6, 6.07) is 10.7. The zero-order chi connectivity index (χ0) is 24.2. The van der Waals surface area contributed by atoms with Crippen LogP contribution in [0.1, 0.15) is 24.3 Å². The van der Waals surface area contributed by atoms with Crippen LogP contribution in [0.2, 0.25) is 0 Å². The van der Waals surface area contributed by atoms with Gasteiger partial charge in [-0.2, -0.15) is 0 Å². The molecule has 1 aromatic heterocycles. The Morgan fingerprint density at radius 1 is 1.21 bits per heavy atom. The van der Waals surface area contributed by atoms with Gasteiger partial charge in [0, 0.05) is 10.4 Å². The molecular weight excluding hydrogens is 476 g/mol. The number of fused-ring (bicyclic) bond motifs is 1. The minimum absolute atomic E-state index is 0.164. The lowest BCUT2D eigenvalue weighted by molar-refractivity contribution is -0.145. The molecule has 3 heterocycles. The van der Waals surface area contributed by atoms with E-state index < -0.39 is 17.4 Å². The number of amides is 1. The van der Waals surface area contributed by atoms with Crippen molar-refractivity contribution in [3.8, 4) is 5.75 Å². The Morgan fingerprint density at radius 3 is 2.71 bits per heavy atom. The molecule has 1 aromatic carbocycles. The fourth-order valence-electron chi connectivity index (χ4n) is 3.59. The highest BCUT2D eigenvalue weighted by Crippen LogP contribution is 2.47. The van der Waals surface area contributed by atoms with Crippen LogP contribution in [-0.2, 0) is 23.9 Å². The standard InChI is InChI=1S/C24H22N2O6S2/c1-4-31-19(27)13-32-17-10-6-5-9-16(17)21-20(23(29)30-3)14(2)25-24-26(21)22(28)18(34-24)12-15-8-7-11-33-15/h5-12,24H,4,13H2,1-3H3/b18-12-/t24-/m1/s1. The number of nitrogens with zero attached hydrogens (tertiary/aromatic N) is 2. The van der Waals surface area contributed by atoms with Crippen LogP contribution in [0.4, 0.5) is 0 Å². The third kappa shape index (κ3) is 4.64. The summed E-state index contributed by atoms with van der Waals surface area (Å²) in [5.74, 6) is -1.10. The molecule has 0 N–H and O–H groups in total. The molecule has 0 aliphatic carbocycles. The summed E-state index contributed by atoms with van der Waals surface area (Å²) in [6.07, 6.45) is 1.82. The summed E-state index contributed by atoms with van der Waals surface area (Å²) < 4.78 is 15.7. The maximum Gasteiger partial charge on any atom is 0.344 e. The fourth-order valence-corrected chi connectivity index (χ4v) is 5.46. The van der Waals surface area contributed by atoms with E-state index in [1.165, 1.54) is 35.1 Å². The van der Waals surface area contributed by atoms with Crippen molar-refractivity contribution >= 4 is 58.4 Å². The first kappa shape index (κ1) is 23.8. The van der Waals surface area contributed by atoms with E-state index in [2.05, 4.69) is 4.99 Å². The van der Waals surface area contributed by atoms with Crippen molar-refractivity contribution in [2.45, 2.75) is 19.3 Å². The number of methoxy groups -OCH3 is 1. The topological polar surface area (TPSA) is 94.5 Å². The largest absolute Gasteiger partial charge is 0.481 e. The molecular formula is C24H22N2O6S2. The van der Waals surface area contributed by atoms with Crippen molar-refractivity contribution in [2.75, 3.05) is 20.3 Å². The summed E-state index contributed by atoms with van der Waals surface area (Å²) in [6.45, 7) is 3.34. The van der Waals surface area contributed by atoms with Crippen LogP contribution in [-0.4, -0.2) is 54.3 Å². The van der Waals surface area contributed by atoms with Crippen molar-refractivity contribution in [3.05, 3.63) is 62.7 Å². The van der Waals surface area contributed by atoms with E-state index in [-0.39, 0.29) is 24.7 Å². The predicted molar refractivity (Wildman–Crippen MR) is 131 cm³/mol. The van der Waals surface area contributed by atoms with Crippen LogP contribution < -0.4 is 4.74 Å². The van der Waals surface area contributed by atoms with E-state index in [1.807, 2.05) is 23.6 Å². The molecule has 0 saturated carbocycles. The zero-order valence-electron chi connectivity index (χ0n) is 18.8. The molecule has 8 nitrogen and oxygen atoms in total. The Balaban J connectivity index is 1.81. The number of ether oxygens (including phenoxy) is 3. The van der Waals surface area contributed by atoms with E-state index in [9.17, 15) is 14.4 Å². The van der Waals surface area contributed by atoms with Gasteiger partial charge in [0.05, 0.1) is 30.0 Å². The molecule has 2 aromatic rings. The Labute approximate surface area is 204 Å². The number of aliphatic imine (C=N–C) groups is 1. The smallest absolute Gasteiger partial charge is 0.344 e. The summed E-state index contributed by atoms with van der Waals surface area (Å²) in [7, 11) is 1.28. The minimum Gasteiger partial charge on any atom is -0.481 e. The molecule has 2 aliphatic heterocycles. The summed E-state index contributed by atoms with van der Waals surface area (Å²) >= 11 is 2.83. The number of carbonyl (C=O) groups is 3. The van der Waals surface area contributed by atoms with Gasteiger partial charge in [-0.05, 0) is 43.5 Å². The molecule has 34 heavy (non-hydrogen) atoms. The molecule has 1 amide bonds. The normalized spacial score (nSPS) is 18.6. The maximum atomic E-state index is 13.5. The second kappa shape index (κ2) is 10.3. The van der Waals surface area contributed by atoms with Gasteiger partial charge in [0.2, 0.25) is 0 Å². The van der Waals surface area contributed by atoms with Gasteiger partial charge < -0.3 is 14.2 Å². The summed E-state index contributed by atoms with van der Waals surface area (Å²) in [5, 5.41) is 1.93. The number of benzene rings is 1. The van der Waals surface area contributed by atoms with Crippen LogP contribution in [0.15, 0.2) is 57.2 Å². The number of hydrogen-bond donors (Lipinski definition) is 0. The Morgan fingerprint density at radius 2 is 2.00 bits per heavy atom. The molecule has 4 rings (SSSR count). The molecule has 1 saturated heterocycles. The first-order valence-electron chi connectivity index (χ1n) is 10.4. The van der Waals surface area contributed by atoms with Crippen LogP contribution >= 0.6 is 23.1 Å². The van der Waals surface area contributed by atoms with Gasteiger partial charge >= 0.3 is 11.9 Å². The van der Waals surface area contributed by atoms with Crippen molar-refractivity contribution in [2.24, 2.45) is 4.99 Å². The second-order valence-electron chi connectivity index (χ2n) is 7.16. The van der Waals surface area contributed by atoms with E-state index in [0.29, 0.717) is 27.6 Å². The highest BCUT2D eigenvalue weighted by Gasteiger charge is 2.44. The average Bonchev–Trinajstić information content (AvgIpc) is 3.45. The van der Waals surface area contributed by atoms with Crippen LogP contribution in [0.25, 0.3) is 11.8 Å². The molecule has 176 valence electrons. The van der Waals surface area contributed by atoms with Crippen LogP contribution in [0.5, 0.6) is 5.75 Å². The Bertz CT molecular complexity index is 1220. The van der Waals surface area contributed by atoms with Gasteiger partial charge in [-0.1, -0.05) is 30.0 Å². The molecule has 1 fully saturated rings. The quantitative estimate of drug-likeness (QED) is 0.421. The monoisotopic (exact) mass is 498 g/mol. The van der Waals surface area contributed by atoms with Crippen LogP contribution in [0, 0.1) is 0 Å². The van der Waals surface area contributed by atoms with Crippen molar-refractivity contribution < 1.29 is 28.6 Å². The Kier molecular flexibility index (Phi) is 7.18.